The van der Waals surface area contributed by atoms with E-state index in [0.717, 1.165) is 25.7 Å². The minimum absolute atomic E-state index is 0.174. The summed E-state index contributed by atoms with van der Waals surface area (Å²) in [6.45, 7) is 1.52. The normalized spacial score (nSPS) is 24.8. The van der Waals surface area contributed by atoms with Gasteiger partial charge in [-0.05, 0) is 62.6 Å². The van der Waals surface area contributed by atoms with Crippen LogP contribution in [0.1, 0.15) is 48.9 Å². The molecule has 2 bridgehead atoms. The van der Waals surface area contributed by atoms with Gasteiger partial charge in [-0.15, -0.1) is 0 Å². The van der Waals surface area contributed by atoms with E-state index in [4.69, 9.17) is 21.1 Å². The van der Waals surface area contributed by atoms with Gasteiger partial charge in [0, 0.05) is 37.1 Å². The molecule has 0 aliphatic carbocycles. The summed E-state index contributed by atoms with van der Waals surface area (Å²) in [7, 11) is -2.41. The zero-order chi connectivity index (χ0) is 25.0. The molecule has 35 heavy (non-hydrogen) atoms. The predicted molar refractivity (Wildman–Crippen MR) is 131 cm³/mol. The zero-order valence-corrected chi connectivity index (χ0v) is 21.4. The van der Waals surface area contributed by atoms with Crippen LogP contribution in [0, 0.1) is 11.8 Å². The summed E-state index contributed by atoms with van der Waals surface area (Å²) in [5, 5.41) is 6.01. The largest absolute Gasteiger partial charge is 0.496 e. The van der Waals surface area contributed by atoms with Crippen LogP contribution < -0.4 is 20.1 Å². The smallest absolute Gasteiger partial charge is 0.329 e. The lowest BCUT2D eigenvalue weighted by molar-refractivity contribution is 0.0927. The fourth-order valence-corrected chi connectivity index (χ4v) is 6.48. The van der Waals surface area contributed by atoms with E-state index < -0.39 is 16.2 Å². The Kier molecular flexibility index (Phi) is 8.41. The highest BCUT2D eigenvalue weighted by molar-refractivity contribution is 7.87. The van der Waals surface area contributed by atoms with Crippen molar-refractivity contribution in [2.24, 2.45) is 11.8 Å². The number of hydrogen-bond acceptors (Lipinski definition) is 6. The third kappa shape index (κ3) is 6.58. The summed E-state index contributed by atoms with van der Waals surface area (Å²) < 4.78 is 39.7. The number of nitrogens with zero attached hydrogens (tertiary/aromatic N) is 1. The first-order valence-electron chi connectivity index (χ1n) is 12.1. The van der Waals surface area contributed by atoms with Gasteiger partial charge in [0.15, 0.2) is 0 Å². The number of carbonyl (C=O) groups excluding carboxylic acids is 2. The van der Waals surface area contributed by atoms with Crippen LogP contribution in [-0.2, 0) is 14.9 Å². The Bertz CT molecular complexity index is 1030. The number of piperidine rings is 1. The van der Waals surface area contributed by atoms with Crippen molar-refractivity contribution in [1.29, 1.82) is 0 Å². The lowest BCUT2D eigenvalue weighted by Gasteiger charge is -2.31. The minimum atomic E-state index is -3.90. The predicted octanol–water partition coefficient (Wildman–Crippen LogP) is 2.29. The van der Waals surface area contributed by atoms with Crippen LogP contribution in [0.5, 0.6) is 5.75 Å². The second-order valence-corrected chi connectivity index (χ2v) is 11.5. The maximum atomic E-state index is 12.6. The Morgan fingerprint density at radius 2 is 1.94 bits per heavy atom. The number of rotatable bonds is 9. The summed E-state index contributed by atoms with van der Waals surface area (Å²) in [5.74, 6) is 0.704. The molecule has 0 unspecified atom stereocenters. The van der Waals surface area contributed by atoms with E-state index in [1.165, 1.54) is 11.4 Å². The topological polar surface area (TPSA) is 126 Å². The number of ether oxygens (including phenoxy) is 2. The van der Waals surface area contributed by atoms with E-state index in [1.807, 2.05) is 0 Å². The molecular formula is C23H33ClN4O6S. The Balaban J connectivity index is 1.16. The van der Waals surface area contributed by atoms with Crippen molar-refractivity contribution in [1.82, 2.24) is 19.7 Å². The maximum absolute atomic E-state index is 12.6. The molecule has 4 rings (SSSR count). The standard InChI is InChI=1S/C23H33ClN4O6S/c1-33-21-4-2-17(24)13-19(21)22(29)25-9-6-15-7-10-28(11-8-15)35(31,32)27-23(30)26-14-16-12-18-3-5-20(16)34-18/h2,4,13,15-16,18,20H,3,5-12,14H2,1H3,(H,25,29)(H2,26,27,30)/t16-,18+,20+/m1/s1. The number of urea groups is 1. The summed E-state index contributed by atoms with van der Waals surface area (Å²) in [6.07, 6.45) is 5.48. The van der Waals surface area contributed by atoms with Crippen molar-refractivity contribution >= 4 is 33.7 Å². The minimum Gasteiger partial charge on any atom is -0.496 e. The molecule has 3 aliphatic heterocycles. The van der Waals surface area contributed by atoms with Crippen LogP contribution in [0.2, 0.25) is 5.02 Å². The Morgan fingerprint density at radius 3 is 2.60 bits per heavy atom. The van der Waals surface area contributed by atoms with E-state index in [-0.39, 0.29) is 30.0 Å². The molecule has 1 aromatic rings. The van der Waals surface area contributed by atoms with Crippen LogP contribution in [0.25, 0.3) is 0 Å². The quantitative estimate of drug-likeness (QED) is 0.451. The van der Waals surface area contributed by atoms with Crippen molar-refractivity contribution in [2.45, 2.75) is 50.7 Å². The van der Waals surface area contributed by atoms with Crippen molar-refractivity contribution < 1.29 is 27.5 Å². The van der Waals surface area contributed by atoms with Gasteiger partial charge in [0.2, 0.25) is 0 Å². The molecule has 3 N–H and O–H groups in total. The monoisotopic (exact) mass is 528 g/mol. The first-order chi connectivity index (χ1) is 16.7. The summed E-state index contributed by atoms with van der Waals surface area (Å²) in [4.78, 5) is 24.7. The molecule has 3 aliphatic rings. The number of benzene rings is 1. The summed E-state index contributed by atoms with van der Waals surface area (Å²) in [6, 6.07) is 4.17. The van der Waals surface area contributed by atoms with Crippen molar-refractivity contribution in [3.63, 3.8) is 0 Å². The lowest BCUT2D eigenvalue weighted by Crippen LogP contribution is -2.50. The third-order valence-electron chi connectivity index (χ3n) is 7.14. The van der Waals surface area contributed by atoms with E-state index >= 15 is 0 Å². The zero-order valence-electron chi connectivity index (χ0n) is 19.8. The SMILES string of the molecule is COc1ccc(Cl)cc1C(=O)NCCC1CCN(S(=O)(=O)NC(=O)NC[C@H]2C[C@@H]3CC[C@@H]2O3)CC1. The number of methoxy groups -OCH3 is 1. The second kappa shape index (κ2) is 11.3. The first kappa shape index (κ1) is 26.0. The molecular weight excluding hydrogens is 496 g/mol. The van der Waals surface area contributed by atoms with Gasteiger partial charge < -0.3 is 20.1 Å². The van der Waals surface area contributed by atoms with Gasteiger partial charge >= 0.3 is 16.2 Å². The highest BCUT2D eigenvalue weighted by Crippen LogP contribution is 2.38. The number of fused-ring (bicyclic) bond motifs is 2. The number of amides is 3. The van der Waals surface area contributed by atoms with Gasteiger partial charge in [-0.25, -0.2) is 9.52 Å². The summed E-state index contributed by atoms with van der Waals surface area (Å²) >= 11 is 5.99. The molecule has 10 nitrogen and oxygen atoms in total. The van der Waals surface area contributed by atoms with Gasteiger partial charge in [0.25, 0.3) is 5.91 Å². The Labute approximate surface area is 211 Å². The van der Waals surface area contributed by atoms with Gasteiger partial charge in [-0.3, -0.25) is 4.79 Å². The van der Waals surface area contributed by atoms with Crippen molar-refractivity contribution in [3.8, 4) is 5.75 Å². The average Bonchev–Trinajstić information content (AvgIpc) is 3.46. The maximum Gasteiger partial charge on any atom is 0.329 e. The first-order valence-corrected chi connectivity index (χ1v) is 13.9. The molecule has 0 saturated carbocycles. The Morgan fingerprint density at radius 1 is 1.17 bits per heavy atom. The third-order valence-corrected chi connectivity index (χ3v) is 8.86. The molecule has 0 radical (unpaired) electrons. The molecule has 12 heteroatoms. The van der Waals surface area contributed by atoms with Gasteiger partial charge in [-0.2, -0.15) is 12.7 Å². The van der Waals surface area contributed by atoms with Crippen LogP contribution in [-0.4, -0.2) is 70.2 Å². The highest BCUT2D eigenvalue weighted by Gasteiger charge is 2.40. The number of halogens is 1. The fraction of sp³-hybridized carbons (Fsp3) is 0.652. The average molecular weight is 529 g/mol. The van der Waals surface area contributed by atoms with E-state index in [1.54, 1.807) is 18.2 Å². The number of nitrogens with one attached hydrogen (secondary N) is 3. The molecule has 0 aromatic heterocycles. The van der Waals surface area contributed by atoms with Gasteiger partial charge in [0.1, 0.15) is 5.75 Å². The highest BCUT2D eigenvalue weighted by atomic mass is 35.5. The molecule has 3 saturated heterocycles. The molecule has 3 fully saturated rings. The molecule has 3 amide bonds. The van der Waals surface area contributed by atoms with E-state index in [2.05, 4.69) is 15.4 Å². The van der Waals surface area contributed by atoms with Crippen LogP contribution in [0.15, 0.2) is 18.2 Å². The Hall–Kier alpha value is -2.08. The number of hydrogen-bond donors (Lipinski definition) is 3. The molecule has 3 atom stereocenters. The molecule has 1 aromatic carbocycles. The van der Waals surface area contributed by atoms with E-state index in [9.17, 15) is 18.0 Å². The molecule has 0 spiro atoms. The van der Waals surface area contributed by atoms with E-state index in [0.29, 0.717) is 55.4 Å². The van der Waals surface area contributed by atoms with Gasteiger partial charge in [-0.1, -0.05) is 11.6 Å². The van der Waals surface area contributed by atoms with Crippen LogP contribution in [0.4, 0.5) is 4.79 Å². The fourth-order valence-electron chi connectivity index (χ4n) is 5.18. The van der Waals surface area contributed by atoms with Gasteiger partial charge in [0.05, 0.1) is 24.9 Å². The molecule has 194 valence electrons. The van der Waals surface area contributed by atoms with Crippen LogP contribution >= 0.6 is 11.6 Å². The van der Waals surface area contributed by atoms with Crippen molar-refractivity contribution in [2.75, 3.05) is 33.3 Å². The number of carbonyl (C=O) groups is 2. The second-order valence-electron chi connectivity index (χ2n) is 9.42. The van der Waals surface area contributed by atoms with Crippen LogP contribution in [0.3, 0.4) is 0 Å². The van der Waals surface area contributed by atoms with Crippen molar-refractivity contribution in [3.05, 3.63) is 28.8 Å². The lowest BCUT2D eigenvalue weighted by atomic mass is 9.89. The summed E-state index contributed by atoms with van der Waals surface area (Å²) in [5.41, 5.74) is 0.373. The molecule has 3 heterocycles.